The summed E-state index contributed by atoms with van der Waals surface area (Å²) in [6.45, 7) is 5.56. The molecule has 0 radical (unpaired) electrons. The molecule has 1 saturated carbocycles. The molecule has 2 aliphatic carbocycles. The van der Waals surface area contributed by atoms with Gasteiger partial charge in [-0.05, 0) is 78.6 Å². The zero-order valence-corrected chi connectivity index (χ0v) is 23.1. The number of phenols is 1. The fourth-order valence-electron chi connectivity index (χ4n) is 5.29. The Balaban J connectivity index is 1.50. The van der Waals surface area contributed by atoms with Crippen LogP contribution in [0.2, 0.25) is 5.02 Å². The predicted octanol–water partition coefficient (Wildman–Crippen LogP) is 6.43. The fourth-order valence-corrected chi connectivity index (χ4v) is 5.50. The molecule has 5 rings (SSSR count). The molecule has 3 unspecified atom stereocenters. The summed E-state index contributed by atoms with van der Waals surface area (Å²) < 4.78 is 20.0. The first-order chi connectivity index (χ1) is 18.8. The van der Waals surface area contributed by atoms with Crippen molar-refractivity contribution in [2.24, 2.45) is 5.92 Å². The maximum atomic E-state index is 14.3. The molecule has 2 N–H and O–H groups in total. The molecular formula is C31H33ClFN3O3. The summed E-state index contributed by atoms with van der Waals surface area (Å²) in [5, 5.41) is 12.8. The smallest absolute Gasteiger partial charge is 0.213 e. The van der Waals surface area contributed by atoms with E-state index in [0.29, 0.717) is 30.0 Å². The van der Waals surface area contributed by atoms with Crippen LogP contribution < -0.4 is 10.1 Å². The molecule has 0 saturated heterocycles. The molecule has 2 heterocycles. The minimum Gasteiger partial charge on any atom is -0.504 e. The number of aromatic hydroxyl groups is 1. The second-order valence-electron chi connectivity index (χ2n) is 10.5. The Bertz CT molecular complexity index is 1380. The number of aromatic nitrogens is 2. The molecule has 1 fully saturated rings. The van der Waals surface area contributed by atoms with E-state index in [2.05, 4.69) is 29.1 Å². The summed E-state index contributed by atoms with van der Waals surface area (Å²) in [5.41, 5.74) is 5.22. The highest BCUT2D eigenvalue weighted by atomic mass is 35.5. The van der Waals surface area contributed by atoms with Crippen LogP contribution in [-0.2, 0) is 6.42 Å². The average molecular weight is 550 g/mol. The van der Waals surface area contributed by atoms with Crippen molar-refractivity contribution >= 4 is 23.5 Å². The number of Topliss-reactive ketones (excluding diaryl/α,β-unsaturated/α-hetero) is 1. The van der Waals surface area contributed by atoms with Crippen LogP contribution in [0.3, 0.4) is 0 Å². The van der Waals surface area contributed by atoms with E-state index in [-0.39, 0.29) is 34.5 Å². The van der Waals surface area contributed by atoms with Gasteiger partial charge in [0.25, 0.3) is 0 Å². The number of nitrogens with zero attached hydrogens (tertiary/aromatic N) is 2. The van der Waals surface area contributed by atoms with E-state index in [1.165, 1.54) is 6.07 Å². The number of hydrogen-bond donors (Lipinski definition) is 2. The number of ether oxygens (including phenoxy) is 1. The Kier molecular flexibility index (Phi) is 8.01. The van der Waals surface area contributed by atoms with E-state index in [9.17, 15) is 14.3 Å². The van der Waals surface area contributed by atoms with E-state index >= 15 is 0 Å². The number of phenolic OH excluding ortho intramolecular Hbond substituents is 1. The van der Waals surface area contributed by atoms with Gasteiger partial charge in [-0.1, -0.05) is 37.6 Å². The van der Waals surface area contributed by atoms with Crippen LogP contribution in [0.15, 0.2) is 42.7 Å². The first-order valence-electron chi connectivity index (χ1n) is 13.4. The number of likely N-dealkylation sites (N-methyl/N-ethyl adjacent to an activating group) is 1. The minimum atomic E-state index is -0.749. The molecule has 0 spiro atoms. The van der Waals surface area contributed by atoms with Crippen molar-refractivity contribution in [3.05, 3.63) is 87.1 Å². The Morgan fingerprint density at radius 3 is 2.67 bits per heavy atom. The summed E-state index contributed by atoms with van der Waals surface area (Å²) in [7, 11) is 1.87. The van der Waals surface area contributed by atoms with E-state index in [0.717, 1.165) is 41.8 Å². The van der Waals surface area contributed by atoms with Gasteiger partial charge in [0, 0.05) is 42.4 Å². The molecular weight excluding hydrogens is 517 g/mol. The maximum absolute atomic E-state index is 14.3. The van der Waals surface area contributed by atoms with E-state index < -0.39 is 11.6 Å². The van der Waals surface area contributed by atoms with E-state index in [1.54, 1.807) is 12.3 Å². The van der Waals surface area contributed by atoms with Gasteiger partial charge in [-0.3, -0.25) is 9.78 Å². The lowest BCUT2D eigenvalue weighted by molar-refractivity contribution is 0.0965. The van der Waals surface area contributed by atoms with Crippen molar-refractivity contribution in [2.45, 2.75) is 50.9 Å². The quantitative estimate of drug-likeness (QED) is 0.224. The first kappa shape index (κ1) is 27.3. The number of carbonyl (C=O) groups is 1. The Labute approximate surface area is 233 Å². The van der Waals surface area contributed by atoms with Crippen LogP contribution in [0.5, 0.6) is 11.6 Å². The fraction of sp³-hybridized carbons (Fsp3) is 0.387. The molecule has 0 amide bonds. The molecule has 39 heavy (non-hydrogen) atoms. The van der Waals surface area contributed by atoms with Gasteiger partial charge < -0.3 is 15.2 Å². The summed E-state index contributed by atoms with van der Waals surface area (Å²) in [6.07, 6.45) is 9.86. The third-order valence-corrected chi connectivity index (χ3v) is 8.23. The van der Waals surface area contributed by atoms with Crippen molar-refractivity contribution in [3.8, 4) is 11.6 Å². The number of benzene rings is 1. The molecule has 2 aromatic heterocycles. The number of rotatable bonds is 10. The van der Waals surface area contributed by atoms with Gasteiger partial charge in [0.1, 0.15) is 6.61 Å². The van der Waals surface area contributed by atoms with Crippen molar-refractivity contribution in [2.75, 3.05) is 20.2 Å². The van der Waals surface area contributed by atoms with Crippen LogP contribution in [0.1, 0.15) is 82.7 Å². The molecule has 8 heteroatoms. The number of allylic oxidation sites excluding steroid dienone is 1. The molecule has 0 bridgehead atoms. The first-order valence-corrected chi connectivity index (χ1v) is 13.8. The van der Waals surface area contributed by atoms with Gasteiger partial charge >= 0.3 is 0 Å². The number of halogens is 2. The van der Waals surface area contributed by atoms with Crippen molar-refractivity contribution in [1.29, 1.82) is 0 Å². The van der Waals surface area contributed by atoms with Gasteiger partial charge in [-0.25, -0.2) is 9.37 Å². The number of carbonyl (C=O) groups excluding carboxylic acids is 1. The number of ketones is 1. The molecule has 3 atom stereocenters. The number of nitrogens with one attached hydrogen (secondary N) is 1. The molecule has 6 nitrogen and oxygen atoms in total. The number of hydrogen-bond acceptors (Lipinski definition) is 6. The molecule has 1 aromatic carbocycles. The highest BCUT2D eigenvalue weighted by Gasteiger charge is 2.36. The summed E-state index contributed by atoms with van der Waals surface area (Å²) in [5.74, 6) is -0.633. The lowest BCUT2D eigenvalue weighted by Crippen LogP contribution is -2.19. The minimum absolute atomic E-state index is 0.00963. The predicted molar refractivity (Wildman–Crippen MR) is 150 cm³/mol. The molecule has 3 aromatic rings. The monoisotopic (exact) mass is 549 g/mol. The Morgan fingerprint density at radius 2 is 2.00 bits per heavy atom. The van der Waals surface area contributed by atoms with Crippen molar-refractivity contribution in [1.82, 2.24) is 15.3 Å². The SMILES string of the molecule is CNCCOc1ccc(C(C)C(C)c2c(C(=O)C3CC3)cnc3c2CC(c2cc(F)c(O)c(Cl)c2)C=C3)cn1. The standard InChI is InChI=1S/C31H33ClFN3O3/c1-17(21-7-9-28(36-15-21)39-11-10-34-3)18(2)29-23-12-20(22-13-25(32)31(38)26(33)14-22)6-8-27(23)35-16-24(29)30(37)19-4-5-19/h6-9,13-20,34,38H,4-5,10-12H2,1-3H3. The van der Waals surface area contributed by atoms with E-state index in [4.69, 9.17) is 16.3 Å². The molecule has 204 valence electrons. The largest absolute Gasteiger partial charge is 0.504 e. The highest BCUT2D eigenvalue weighted by Crippen LogP contribution is 2.43. The van der Waals surface area contributed by atoms with Crippen molar-refractivity contribution in [3.63, 3.8) is 0 Å². The van der Waals surface area contributed by atoms with Crippen LogP contribution in [0.25, 0.3) is 6.08 Å². The van der Waals surface area contributed by atoms with Crippen LogP contribution in [-0.4, -0.2) is 41.1 Å². The van der Waals surface area contributed by atoms with Gasteiger partial charge in [0.15, 0.2) is 17.3 Å². The summed E-state index contributed by atoms with van der Waals surface area (Å²) >= 11 is 6.10. The molecule has 0 aliphatic heterocycles. The Morgan fingerprint density at radius 1 is 1.21 bits per heavy atom. The topological polar surface area (TPSA) is 84.3 Å². The molecule has 2 aliphatic rings. The maximum Gasteiger partial charge on any atom is 0.213 e. The lowest BCUT2D eigenvalue weighted by Gasteiger charge is -2.29. The van der Waals surface area contributed by atoms with Crippen LogP contribution in [0.4, 0.5) is 4.39 Å². The second-order valence-corrected chi connectivity index (χ2v) is 11.0. The third-order valence-electron chi connectivity index (χ3n) is 7.94. The van der Waals surface area contributed by atoms with Crippen molar-refractivity contribution < 1.29 is 19.0 Å². The van der Waals surface area contributed by atoms with Gasteiger partial charge in [-0.2, -0.15) is 0 Å². The van der Waals surface area contributed by atoms with E-state index in [1.807, 2.05) is 37.5 Å². The normalized spacial score (nSPS) is 17.9. The average Bonchev–Trinajstić information content (AvgIpc) is 3.80. The summed E-state index contributed by atoms with van der Waals surface area (Å²) in [4.78, 5) is 22.6. The van der Waals surface area contributed by atoms with Gasteiger partial charge in [-0.15, -0.1) is 0 Å². The number of pyridine rings is 2. The highest BCUT2D eigenvalue weighted by molar-refractivity contribution is 6.32. The third kappa shape index (κ3) is 5.70. The van der Waals surface area contributed by atoms with Crippen LogP contribution in [0, 0.1) is 11.7 Å². The Hall–Kier alpha value is -3.29. The zero-order valence-electron chi connectivity index (χ0n) is 22.4. The number of fused-ring (bicyclic) bond motifs is 1. The van der Waals surface area contributed by atoms with Gasteiger partial charge in [0.2, 0.25) is 5.88 Å². The second kappa shape index (κ2) is 11.4. The van der Waals surface area contributed by atoms with Gasteiger partial charge in [0.05, 0.1) is 10.7 Å². The lowest BCUT2D eigenvalue weighted by atomic mass is 9.75. The summed E-state index contributed by atoms with van der Waals surface area (Å²) in [6, 6.07) is 6.84. The van der Waals surface area contributed by atoms with Crippen LogP contribution >= 0.6 is 11.6 Å². The zero-order chi connectivity index (χ0) is 27.7.